The predicted octanol–water partition coefficient (Wildman–Crippen LogP) is 5.41. The number of thiol groups is 1. The number of fused-ring (bicyclic) bond motifs is 1. The number of carboxylic acids is 1. The van der Waals surface area contributed by atoms with E-state index in [1.165, 1.54) is 11.1 Å². The van der Waals surface area contributed by atoms with Crippen LogP contribution in [0.2, 0.25) is 0 Å². The molecule has 1 aromatic heterocycles. The lowest BCUT2D eigenvalue weighted by Gasteiger charge is -2.06. The maximum Gasteiger partial charge on any atom is 0.303 e. The number of aliphatic carboxylic acids is 1. The van der Waals surface area contributed by atoms with Gasteiger partial charge in [-0.2, -0.15) is 12.6 Å². The Balaban J connectivity index is 0.000000454. The van der Waals surface area contributed by atoms with Crippen molar-refractivity contribution < 1.29 is 19.7 Å². The van der Waals surface area contributed by atoms with Crippen LogP contribution >= 0.6 is 12.6 Å². The maximum absolute atomic E-state index is 9.60. The zero-order chi connectivity index (χ0) is 21.6. The fourth-order valence-electron chi connectivity index (χ4n) is 2.84. The molecule has 0 atom stereocenters. The van der Waals surface area contributed by atoms with Crippen molar-refractivity contribution in [3.05, 3.63) is 60.3 Å². The Labute approximate surface area is 178 Å². The molecule has 0 spiro atoms. The average molecular weight is 418 g/mol. The Kier molecular flexibility index (Phi) is 11.4. The van der Waals surface area contributed by atoms with Gasteiger partial charge in [0.1, 0.15) is 11.5 Å². The molecule has 29 heavy (non-hydrogen) atoms. The van der Waals surface area contributed by atoms with Crippen LogP contribution in [0.5, 0.6) is 11.5 Å². The number of carboxylic acid groups (broad SMARTS) is 1. The van der Waals surface area contributed by atoms with Crippen LogP contribution in [0.3, 0.4) is 0 Å². The summed E-state index contributed by atoms with van der Waals surface area (Å²) in [5, 5.41) is 18.5. The second kappa shape index (κ2) is 13.6. The van der Waals surface area contributed by atoms with Gasteiger partial charge in [0.2, 0.25) is 0 Å². The fraction of sp³-hybridized carbons (Fsp3) is 0.348. The van der Waals surface area contributed by atoms with E-state index in [0.717, 1.165) is 36.9 Å². The molecular weight excluding hydrogens is 386 g/mol. The van der Waals surface area contributed by atoms with Gasteiger partial charge >= 0.3 is 5.97 Å². The summed E-state index contributed by atoms with van der Waals surface area (Å²) in [4.78, 5) is 9.60. The summed E-state index contributed by atoms with van der Waals surface area (Å²) in [6.07, 6.45) is 6.92. The van der Waals surface area contributed by atoms with Crippen molar-refractivity contribution in [2.24, 2.45) is 0 Å². The lowest BCUT2D eigenvalue weighted by molar-refractivity contribution is -0.137. The largest absolute Gasteiger partial charge is 0.508 e. The molecule has 6 heteroatoms. The SMILES string of the molecule is CCCC(=O)O.COc1ccc(CCCn2ccc3cc(O)ccc32)cc1.CS. The molecule has 0 radical (unpaired) electrons. The number of ether oxygens (including phenoxy) is 1. The quantitative estimate of drug-likeness (QED) is 0.450. The molecule has 5 nitrogen and oxygen atoms in total. The minimum Gasteiger partial charge on any atom is -0.508 e. The van der Waals surface area contributed by atoms with E-state index in [4.69, 9.17) is 9.84 Å². The number of hydrogen-bond acceptors (Lipinski definition) is 4. The van der Waals surface area contributed by atoms with Gasteiger partial charge in [-0.05, 0) is 67.5 Å². The minimum atomic E-state index is -0.711. The van der Waals surface area contributed by atoms with Crippen molar-refractivity contribution >= 4 is 29.5 Å². The van der Waals surface area contributed by atoms with E-state index in [-0.39, 0.29) is 0 Å². The van der Waals surface area contributed by atoms with Crippen LogP contribution in [0.15, 0.2) is 54.7 Å². The number of methoxy groups -OCH3 is 1. The van der Waals surface area contributed by atoms with E-state index in [0.29, 0.717) is 12.2 Å². The van der Waals surface area contributed by atoms with Crippen molar-refractivity contribution in [2.75, 3.05) is 13.4 Å². The number of phenols is 1. The summed E-state index contributed by atoms with van der Waals surface area (Å²) in [7, 11) is 1.68. The van der Waals surface area contributed by atoms with Crippen LogP contribution in [0, 0.1) is 0 Å². The van der Waals surface area contributed by atoms with Gasteiger partial charge in [-0.15, -0.1) is 0 Å². The summed E-state index contributed by atoms with van der Waals surface area (Å²) >= 11 is 3.53. The number of aromatic nitrogens is 1. The van der Waals surface area contributed by atoms with E-state index in [1.807, 2.05) is 31.2 Å². The van der Waals surface area contributed by atoms with Crippen LogP contribution in [-0.2, 0) is 17.8 Å². The highest BCUT2D eigenvalue weighted by Gasteiger charge is 2.02. The highest BCUT2D eigenvalue weighted by molar-refractivity contribution is 7.79. The number of benzene rings is 2. The maximum atomic E-state index is 9.60. The zero-order valence-corrected chi connectivity index (χ0v) is 18.2. The number of phenolic OH excluding ortho intramolecular Hbond substituents is 1. The van der Waals surface area contributed by atoms with Gasteiger partial charge in [-0.25, -0.2) is 0 Å². The number of rotatable bonds is 7. The fourth-order valence-corrected chi connectivity index (χ4v) is 2.84. The van der Waals surface area contributed by atoms with Crippen molar-refractivity contribution in [2.45, 2.75) is 39.2 Å². The molecule has 158 valence electrons. The van der Waals surface area contributed by atoms with E-state index < -0.39 is 5.97 Å². The molecule has 0 bridgehead atoms. The molecule has 3 rings (SSSR count). The van der Waals surface area contributed by atoms with E-state index in [1.54, 1.807) is 25.5 Å². The summed E-state index contributed by atoms with van der Waals surface area (Å²) in [5.41, 5.74) is 2.49. The van der Waals surface area contributed by atoms with Crippen LogP contribution in [0.4, 0.5) is 0 Å². The summed E-state index contributed by atoms with van der Waals surface area (Å²) in [6, 6.07) is 15.8. The molecule has 0 aliphatic heterocycles. The monoisotopic (exact) mass is 417 g/mol. The summed E-state index contributed by atoms with van der Waals surface area (Å²) < 4.78 is 7.40. The van der Waals surface area contributed by atoms with Crippen molar-refractivity contribution in [1.82, 2.24) is 4.57 Å². The first-order valence-corrected chi connectivity index (χ1v) is 10.5. The highest BCUT2D eigenvalue weighted by atomic mass is 32.1. The standard InChI is InChI=1S/C18H19NO2.C4H8O2.CH4S/c1-21-17-7-4-14(5-8-17)3-2-11-19-12-10-15-13-16(20)6-9-18(15)19;1-2-3-4(5)6;1-2/h4-10,12-13,20H,2-3,11H2,1H3;2-3H2,1H3,(H,5,6);2H,1H3. The molecule has 0 aliphatic carbocycles. The number of hydrogen-bond donors (Lipinski definition) is 3. The third-order valence-corrected chi connectivity index (χ3v) is 4.24. The molecule has 0 amide bonds. The molecule has 2 aromatic carbocycles. The van der Waals surface area contributed by atoms with Gasteiger partial charge in [0, 0.05) is 30.1 Å². The topological polar surface area (TPSA) is 71.7 Å². The third-order valence-electron chi connectivity index (χ3n) is 4.24. The molecular formula is C23H31NO4S. The molecule has 3 aromatic rings. The van der Waals surface area contributed by atoms with Gasteiger partial charge in [-0.1, -0.05) is 19.1 Å². The summed E-state index contributed by atoms with van der Waals surface area (Å²) in [6.45, 7) is 2.81. The average Bonchev–Trinajstić information content (AvgIpc) is 3.12. The Morgan fingerprint density at radius 2 is 1.79 bits per heavy atom. The second-order valence-electron chi connectivity index (χ2n) is 6.35. The Morgan fingerprint density at radius 1 is 1.10 bits per heavy atom. The molecule has 0 saturated heterocycles. The van der Waals surface area contributed by atoms with Gasteiger partial charge in [0.05, 0.1) is 7.11 Å². The number of aromatic hydroxyl groups is 1. The lowest BCUT2D eigenvalue weighted by atomic mass is 10.1. The Morgan fingerprint density at radius 3 is 2.34 bits per heavy atom. The van der Waals surface area contributed by atoms with Gasteiger partial charge in [0.25, 0.3) is 0 Å². The van der Waals surface area contributed by atoms with E-state index in [9.17, 15) is 9.90 Å². The molecule has 0 fully saturated rings. The first kappa shape index (κ1) is 24.4. The second-order valence-corrected chi connectivity index (χ2v) is 6.35. The van der Waals surface area contributed by atoms with Crippen molar-refractivity contribution in [1.29, 1.82) is 0 Å². The highest BCUT2D eigenvalue weighted by Crippen LogP contribution is 2.21. The first-order valence-electron chi connectivity index (χ1n) is 9.60. The smallest absolute Gasteiger partial charge is 0.303 e. The number of aryl methyl sites for hydroxylation is 2. The molecule has 0 unspecified atom stereocenters. The zero-order valence-electron chi connectivity index (χ0n) is 17.3. The van der Waals surface area contributed by atoms with E-state index >= 15 is 0 Å². The van der Waals surface area contributed by atoms with Crippen LogP contribution in [0.1, 0.15) is 31.7 Å². The molecule has 2 N–H and O–H groups in total. The van der Waals surface area contributed by atoms with Crippen molar-refractivity contribution in [3.8, 4) is 11.5 Å². The summed E-state index contributed by atoms with van der Waals surface area (Å²) in [5.74, 6) is 0.506. The lowest BCUT2D eigenvalue weighted by Crippen LogP contribution is -1.98. The molecule has 0 aliphatic rings. The molecule has 0 saturated carbocycles. The van der Waals surface area contributed by atoms with Gasteiger partial charge in [0.15, 0.2) is 0 Å². The van der Waals surface area contributed by atoms with Crippen molar-refractivity contribution in [3.63, 3.8) is 0 Å². The Bertz CT molecular complexity index is 859. The Hall–Kier alpha value is -2.60. The normalized spacial score (nSPS) is 9.79. The number of carbonyl (C=O) groups is 1. The van der Waals surface area contributed by atoms with Gasteiger partial charge in [-0.3, -0.25) is 4.79 Å². The number of nitrogens with zero attached hydrogens (tertiary/aromatic N) is 1. The first-order chi connectivity index (χ1) is 14.0. The van der Waals surface area contributed by atoms with Crippen LogP contribution in [-0.4, -0.2) is 34.1 Å². The van der Waals surface area contributed by atoms with Gasteiger partial charge < -0.3 is 19.5 Å². The van der Waals surface area contributed by atoms with Crippen LogP contribution < -0.4 is 4.74 Å². The van der Waals surface area contributed by atoms with Crippen LogP contribution in [0.25, 0.3) is 10.9 Å². The van der Waals surface area contributed by atoms with E-state index in [2.05, 4.69) is 35.5 Å². The molecule has 1 heterocycles. The predicted molar refractivity (Wildman–Crippen MR) is 122 cm³/mol. The third kappa shape index (κ3) is 8.52. The minimum absolute atomic E-state index is 0.292.